The van der Waals surface area contributed by atoms with Crippen molar-refractivity contribution in [1.29, 1.82) is 10.5 Å². The van der Waals surface area contributed by atoms with Crippen LogP contribution in [0.2, 0.25) is 0 Å². The first-order valence-electron chi connectivity index (χ1n) is 3.75. The Bertz CT molecular complexity index is 413. The fourth-order valence-corrected chi connectivity index (χ4v) is 0.760. The summed E-state index contributed by atoms with van der Waals surface area (Å²) in [7, 11) is 0. The summed E-state index contributed by atoms with van der Waals surface area (Å²) in [6.07, 6.45) is 0. The molecule has 0 aliphatic rings. The Morgan fingerprint density at radius 1 is 1.29 bits per heavy atom. The highest BCUT2D eigenvalue weighted by molar-refractivity contribution is 5.41. The first-order chi connectivity index (χ1) is 6.76. The number of aromatic hydroxyl groups is 1. The summed E-state index contributed by atoms with van der Waals surface area (Å²) >= 11 is 0. The van der Waals surface area contributed by atoms with E-state index in [1.807, 2.05) is 0 Å². The maximum Gasteiger partial charge on any atom is 0.242 e. The third-order valence-electron chi connectivity index (χ3n) is 1.36. The van der Waals surface area contributed by atoms with Crippen LogP contribution in [-0.4, -0.2) is 11.1 Å². The number of benzene rings is 1. The topological polar surface area (TPSA) is 92.5 Å². The van der Waals surface area contributed by atoms with Gasteiger partial charge in [0.05, 0.1) is 5.69 Å². The summed E-state index contributed by atoms with van der Waals surface area (Å²) in [6, 6.07) is 8.28. The number of phenols is 1. The number of nitriles is 2. The van der Waals surface area contributed by atoms with Gasteiger partial charge in [-0.3, -0.25) is 0 Å². The molecule has 0 aromatic heterocycles. The van der Waals surface area contributed by atoms with Crippen molar-refractivity contribution >= 4 is 5.69 Å². The Kier molecular flexibility index (Phi) is 3.17. The van der Waals surface area contributed by atoms with Gasteiger partial charge in [-0.15, -0.1) is 0 Å². The third-order valence-corrected chi connectivity index (χ3v) is 1.36. The number of hydrogen-bond acceptors (Lipinski definition) is 5. The molecule has 1 aromatic rings. The Labute approximate surface area is 80.6 Å². The van der Waals surface area contributed by atoms with E-state index < -0.39 is 6.04 Å². The summed E-state index contributed by atoms with van der Waals surface area (Å²) in [4.78, 5) is 0. The molecule has 0 saturated carbocycles. The predicted molar refractivity (Wildman–Crippen MR) is 47.6 cm³/mol. The van der Waals surface area contributed by atoms with Gasteiger partial charge in [-0.25, -0.2) is 0 Å². The van der Waals surface area contributed by atoms with Gasteiger partial charge in [0.2, 0.25) is 6.04 Å². The molecular weight excluding hydrogens is 180 g/mol. The molecule has 0 bridgehead atoms. The van der Waals surface area contributed by atoms with Crippen LogP contribution >= 0.6 is 0 Å². The first-order valence-corrected chi connectivity index (χ1v) is 3.75. The largest absolute Gasteiger partial charge is 0.508 e. The molecule has 1 rings (SSSR count). The zero-order valence-corrected chi connectivity index (χ0v) is 7.12. The summed E-state index contributed by atoms with van der Waals surface area (Å²) in [5.41, 5.74) is 0.403. The number of nitrogens with zero attached hydrogens (tertiary/aromatic N) is 4. The quantitative estimate of drug-likeness (QED) is 0.714. The highest BCUT2D eigenvalue weighted by atomic mass is 16.3. The van der Waals surface area contributed by atoms with Crippen LogP contribution in [0.4, 0.5) is 5.69 Å². The number of rotatable bonds is 2. The van der Waals surface area contributed by atoms with Crippen molar-refractivity contribution in [3.63, 3.8) is 0 Å². The van der Waals surface area contributed by atoms with Crippen molar-refractivity contribution in [3.05, 3.63) is 24.3 Å². The van der Waals surface area contributed by atoms with Crippen LogP contribution in [-0.2, 0) is 0 Å². The van der Waals surface area contributed by atoms with E-state index in [0.717, 1.165) is 0 Å². The van der Waals surface area contributed by atoms with Crippen molar-refractivity contribution in [2.45, 2.75) is 6.04 Å². The molecule has 0 amide bonds. The Morgan fingerprint density at radius 3 is 2.57 bits per heavy atom. The van der Waals surface area contributed by atoms with Crippen LogP contribution < -0.4 is 0 Å². The fraction of sp³-hybridized carbons (Fsp3) is 0.111. The molecule has 0 radical (unpaired) electrons. The molecule has 0 saturated heterocycles. The standard InChI is InChI=1S/C9H6N4O/c10-5-8(6-11)13-12-7-2-1-3-9(14)4-7/h1-4,8,14H. The van der Waals surface area contributed by atoms with Gasteiger partial charge in [0, 0.05) is 6.07 Å². The predicted octanol–water partition coefficient (Wildman–Crippen LogP) is 1.89. The minimum atomic E-state index is -1.10. The highest BCUT2D eigenvalue weighted by Gasteiger charge is 2.00. The molecule has 5 heteroatoms. The molecule has 0 fully saturated rings. The molecule has 1 N–H and O–H groups in total. The normalized spacial score (nSPS) is 9.93. The molecule has 0 heterocycles. The average molecular weight is 186 g/mol. The maximum absolute atomic E-state index is 9.06. The summed E-state index contributed by atoms with van der Waals surface area (Å²) < 4.78 is 0. The zero-order chi connectivity index (χ0) is 10.4. The molecule has 0 spiro atoms. The lowest BCUT2D eigenvalue weighted by Gasteiger charge is -1.93. The Morgan fingerprint density at radius 2 is 2.00 bits per heavy atom. The second-order valence-electron chi connectivity index (χ2n) is 2.40. The van der Waals surface area contributed by atoms with E-state index in [9.17, 15) is 0 Å². The van der Waals surface area contributed by atoms with Crippen molar-refractivity contribution in [2.24, 2.45) is 10.2 Å². The monoisotopic (exact) mass is 186 g/mol. The summed E-state index contributed by atoms with van der Waals surface area (Å²) in [5, 5.41) is 32.9. The van der Waals surface area contributed by atoms with Crippen LogP contribution in [0.5, 0.6) is 5.75 Å². The lowest BCUT2D eigenvalue weighted by atomic mass is 10.3. The van der Waals surface area contributed by atoms with Crippen molar-refractivity contribution in [2.75, 3.05) is 0 Å². The van der Waals surface area contributed by atoms with Gasteiger partial charge in [-0.1, -0.05) is 6.07 Å². The van der Waals surface area contributed by atoms with Gasteiger partial charge < -0.3 is 5.11 Å². The van der Waals surface area contributed by atoms with Gasteiger partial charge in [-0.05, 0) is 12.1 Å². The average Bonchev–Trinajstić information content (AvgIpc) is 2.19. The Balaban J connectivity index is 2.80. The molecule has 0 unspecified atom stereocenters. The fourth-order valence-electron chi connectivity index (χ4n) is 0.760. The van der Waals surface area contributed by atoms with E-state index >= 15 is 0 Å². The van der Waals surface area contributed by atoms with E-state index in [1.54, 1.807) is 24.3 Å². The summed E-state index contributed by atoms with van der Waals surface area (Å²) in [5.74, 6) is 0.0620. The molecule has 68 valence electrons. The van der Waals surface area contributed by atoms with E-state index in [4.69, 9.17) is 15.6 Å². The second kappa shape index (κ2) is 4.58. The lowest BCUT2D eigenvalue weighted by Crippen LogP contribution is -1.92. The van der Waals surface area contributed by atoms with Crippen LogP contribution in [0, 0.1) is 22.7 Å². The van der Waals surface area contributed by atoms with Crippen molar-refractivity contribution < 1.29 is 5.11 Å². The second-order valence-corrected chi connectivity index (χ2v) is 2.40. The minimum Gasteiger partial charge on any atom is -0.508 e. The summed E-state index contributed by atoms with van der Waals surface area (Å²) in [6.45, 7) is 0. The van der Waals surface area contributed by atoms with E-state index in [1.165, 1.54) is 12.1 Å². The molecular formula is C9H6N4O. The maximum atomic E-state index is 9.06. The van der Waals surface area contributed by atoms with Gasteiger partial charge in [-0.2, -0.15) is 20.8 Å². The van der Waals surface area contributed by atoms with E-state index in [2.05, 4.69) is 10.2 Å². The van der Waals surface area contributed by atoms with E-state index in [-0.39, 0.29) is 5.75 Å². The first kappa shape index (κ1) is 9.69. The van der Waals surface area contributed by atoms with Crippen molar-refractivity contribution in [3.8, 4) is 17.9 Å². The van der Waals surface area contributed by atoms with Crippen molar-refractivity contribution in [1.82, 2.24) is 0 Å². The molecule has 0 atom stereocenters. The molecule has 0 aliphatic heterocycles. The van der Waals surface area contributed by atoms with Gasteiger partial charge >= 0.3 is 0 Å². The molecule has 1 aromatic carbocycles. The smallest absolute Gasteiger partial charge is 0.242 e. The highest BCUT2D eigenvalue weighted by Crippen LogP contribution is 2.18. The van der Waals surface area contributed by atoms with Crippen LogP contribution in [0.3, 0.4) is 0 Å². The Hall–Kier alpha value is -2.40. The number of hydrogen-bond donors (Lipinski definition) is 1. The van der Waals surface area contributed by atoms with Crippen LogP contribution in [0.15, 0.2) is 34.5 Å². The third kappa shape index (κ3) is 2.58. The van der Waals surface area contributed by atoms with Gasteiger partial charge in [0.25, 0.3) is 0 Å². The molecule has 14 heavy (non-hydrogen) atoms. The number of azo groups is 1. The zero-order valence-electron chi connectivity index (χ0n) is 7.12. The van der Waals surface area contributed by atoms with Gasteiger partial charge in [0.1, 0.15) is 17.9 Å². The molecule has 5 nitrogen and oxygen atoms in total. The molecule has 0 aliphatic carbocycles. The van der Waals surface area contributed by atoms with E-state index in [0.29, 0.717) is 5.69 Å². The van der Waals surface area contributed by atoms with Gasteiger partial charge in [0.15, 0.2) is 0 Å². The lowest BCUT2D eigenvalue weighted by molar-refractivity contribution is 0.475. The minimum absolute atomic E-state index is 0.0620. The van der Waals surface area contributed by atoms with Crippen LogP contribution in [0.25, 0.3) is 0 Å². The van der Waals surface area contributed by atoms with Crippen LogP contribution in [0.1, 0.15) is 0 Å². The SMILES string of the molecule is N#CC(C#N)N=Nc1cccc(O)c1. The number of phenolic OH excluding ortho intramolecular Hbond substituents is 1.